The van der Waals surface area contributed by atoms with Gasteiger partial charge in [-0.25, -0.2) is 0 Å². The van der Waals surface area contributed by atoms with E-state index in [9.17, 15) is 4.79 Å². The maximum Gasteiger partial charge on any atom is 0.149 e. The van der Waals surface area contributed by atoms with E-state index in [1.165, 1.54) is 19.3 Å². The van der Waals surface area contributed by atoms with Crippen LogP contribution >= 0.6 is 0 Å². The first-order valence-corrected chi connectivity index (χ1v) is 4.81. The third-order valence-electron chi connectivity index (χ3n) is 3.10. The van der Waals surface area contributed by atoms with Crippen LogP contribution in [0.1, 0.15) is 39.5 Å². The maximum absolute atomic E-state index is 11.5. The van der Waals surface area contributed by atoms with Gasteiger partial charge < -0.3 is 5.73 Å². The Morgan fingerprint density at radius 2 is 2.17 bits per heavy atom. The van der Waals surface area contributed by atoms with E-state index in [-0.39, 0.29) is 23.7 Å². The fourth-order valence-electron chi connectivity index (χ4n) is 2.23. The molecule has 70 valence electrons. The average molecular weight is 169 g/mol. The molecule has 2 nitrogen and oxygen atoms in total. The lowest BCUT2D eigenvalue weighted by atomic mass is 9.67. The molecule has 1 atom stereocenters. The lowest BCUT2D eigenvalue weighted by Gasteiger charge is -2.37. The lowest BCUT2D eigenvalue weighted by Crippen LogP contribution is -2.37. The molecule has 0 aromatic heterocycles. The molecular weight excluding hydrogens is 150 g/mol. The summed E-state index contributed by atoms with van der Waals surface area (Å²) in [5, 5.41) is 0. The van der Waals surface area contributed by atoms with E-state index in [1.54, 1.807) is 0 Å². The molecule has 0 aromatic carbocycles. The third kappa shape index (κ3) is 1.86. The summed E-state index contributed by atoms with van der Waals surface area (Å²) in [6.45, 7) is 4.59. The monoisotopic (exact) mass is 169 g/mol. The number of carbonyl (C=O) groups excluding carboxylic acids is 1. The Labute approximate surface area is 74.5 Å². The smallest absolute Gasteiger partial charge is 0.149 e. The Bertz CT molecular complexity index is 175. The maximum atomic E-state index is 11.5. The summed E-state index contributed by atoms with van der Waals surface area (Å²) < 4.78 is 0. The number of hydrogen-bond donors (Lipinski definition) is 1. The molecule has 0 bridgehead atoms. The van der Waals surface area contributed by atoms with E-state index in [0.29, 0.717) is 0 Å². The van der Waals surface area contributed by atoms with Crippen LogP contribution in [0.3, 0.4) is 0 Å². The van der Waals surface area contributed by atoms with E-state index >= 15 is 0 Å². The van der Waals surface area contributed by atoms with Crippen LogP contribution in [0.5, 0.6) is 0 Å². The van der Waals surface area contributed by atoms with E-state index in [2.05, 4.69) is 13.8 Å². The topological polar surface area (TPSA) is 43.1 Å². The second-order valence-corrected chi connectivity index (χ2v) is 4.46. The average Bonchev–Trinajstić information content (AvgIpc) is 2.02. The van der Waals surface area contributed by atoms with Crippen molar-refractivity contribution >= 4 is 5.78 Å². The molecule has 1 aliphatic carbocycles. The summed E-state index contributed by atoms with van der Waals surface area (Å²) in [5.41, 5.74) is 5.56. The Morgan fingerprint density at radius 3 is 2.67 bits per heavy atom. The molecule has 1 rings (SSSR count). The van der Waals surface area contributed by atoms with Crippen LogP contribution in [0.4, 0.5) is 0 Å². The van der Waals surface area contributed by atoms with Gasteiger partial charge in [0.25, 0.3) is 0 Å². The molecule has 2 N–H and O–H groups in total. The number of ketones is 1. The Morgan fingerprint density at radius 1 is 1.50 bits per heavy atom. The first kappa shape index (κ1) is 9.72. The van der Waals surface area contributed by atoms with Gasteiger partial charge in [-0.05, 0) is 18.3 Å². The highest BCUT2D eigenvalue weighted by Crippen LogP contribution is 2.40. The zero-order valence-corrected chi connectivity index (χ0v) is 8.10. The highest BCUT2D eigenvalue weighted by atomic mass is 16.1. The molecule has 0 amide bonds. The zero-order chi connectivity index (χ0) is 9.19. The molecule has 0 aliphatic heterocycles. The molecule has 2 heteroatoms. The molecule has 12 heavy (non-hydrogen) atoms. The zero-order valence-electron chi connectivity index (χ0n) is 8.10. The van der Waals surface area contributed by atoms with Gasteiger partial charge in [0.2, 0.25) is 0 Å². The van der Waals surface area contributed by atoms with Gasteiger partial charge in [-0.1, -0.05) is 26.7 Å². The van der Waals surface area contributed by atoms with Gasteiger partial charge in [0.05, 0.1) is 6.54 Å². The summed E-state index contributed by atoms with van der Waals surface area (Å²) >= 11 is 0. The van der Waals surface area contributed by atoms with Crippen LogP contribution in [0.25, 0.3) is 0 Å². The first-order chi connectivity index (χ1) is 5.58. The number of carbonyl (C=O) groups is 1. The highest BCUT2D eigenvalue weighted by molar-refractivity contribution is 5.83. The van der Waals surface area contributed by atoms with Crippen molar-refractivity contribution < 1.29 is 4.79 Å². The lowest BCUT2D eigenvalue weighted by molar-refractivity contribution is -0.126. The fraction of sp³-hybridized carbons (Fsp3) is 0.900. The van der Waals surface area contributed by atoms with Crippen molar-refractivity contribution in [1.29, 1.82) is 0 Å². The van der Waals surface area contributed by atoms with E-state index in [1.807, 2.05) is 0 Å². The SMILES string of the molecule is CC1(C)CCCCC1C(=O)CN. The molecule has 0 saturated heterocycles. The van der Waals surface area contributed by atoms with E-state index < -0.39 is 0 Å². The Balaban J connectivity index is 2.66. The van der Waals surface area contributed by atoms with Crippen molar-refractivity contribution in [3.8, 4) is 0 Å². The van der Waals surface area contributed by atoms with Gasteiger partial charge in [-0.2, -0.15) is 0 Å². The number of hydrogen-bond acceptors (Lipinski definition) is 2. The fourth-order valence-corrected chi connectivity index (χ4v) is 2.23. The van der Waals surface area contributed by atoms with Crippen LogP contribution in [-0.2, 0) is 4.79 Å². The molecule has 1 aliphatic rings. The van der Waals surface area contributed by atoms with Crippen LogP contribution in [0.2, 0.25) is 0 Å². The van der Waals surface area contributed by atoms with Gasteiger partial charge >= 0.3 is 0 Å². The molecule has 0 spiro atoms. The van der Waals surface area contributed by atoms with Gasteiger partial charge in [0, 0.05) is 5.92 Å². The summed E-state index contributed by atoms with van der Waals surface area (Å²) in [5.74, 6) is 0.468. The van der Waals surface area contributed by atoms with Crippen LogP contribution in [0.15, 0.2) is 0 Å². The molecule has 0 radical (unpaired) electrons. The predicted molar refractivity (Wildman–Crippen MR) is 49.8 cm³/mol. The van der Waals surface area contributed by atoms with Crippen molar-refractivity contribution in [2.45, 2.75) is 39.5 Å². The van der Waals surface area contributed by atoms with E-state index in [0.717, 1.165) is 6.42 Å². The standard InChI is InChI=1S/C10H19NO/c1-10(2)6-4-3-5-8(10)9(12)7-11/h8H,3-7,11H2,1-2H3. The normalized spacial score (nSPS) is 28.4. The van der Waals surface area contributed by atoms with Crippen molar-refractivity contribution in [2.24, 2.45) is 17.1 Å². The molecule has 0 aromatic rings. The summed E-state index contributed by atoms with van der Waals surface area (Å²) in [6.07, 6.45) is 4.67. The quantitative estimate of drug-likeness (QED) is 0.684. The van der Waals surface area contributed by atoms with Crippen molar-refractivity contribution in [1.82, 2.24) is 0 Å². The molecule has 1 fully saturated rings. The summed E-state index contributed by atoms with van der Waals surface area (Å²) in [7, 11) is 0. The highest BCUT2D eigenvalue weighted by Gasteiger charge is 2.35. The third-order valence-corrected chi connectivity index (χ3v) is 3.10. The first-order valence-electron chi connectivity index (χ1n) is 4.81. The van der Waals surface area contributed by atoms with Gasteiger partial charge in [-0.15, -0.1) is 0 Å². The summed E-state index contributed by atoms with van der Waals surface area (Å²) in [4.78, 5) is 11.5. The van der Waals surface area contributed by atoms with Crippen molar-refractivity contribution in [3.05, 3.63) is 0 Å². The second-order valence-electron chi connectivity index (χ2n) is 4.46. The van der Waals surface area contributed by atoms with E-state index in [4.69, 9.17) is 5.73 Å². The Kier molecular flexibility index (Phi) is 2.89. The molecule has 0 heterocycles. The van der Waals surface area contributed by atoms with Crippen molar-refractivity contribution in [2.75, 3.05) is 6.54 Å². The summed E-state index contributed by atoms with van der Waals surface area (Å²) in [6, 6.07) is 0. The van der Waals surface area contributed by atoms with Gasteiger partial charge in [0.1, 0.15) is 5.78 Å². The van der Waals surface area contributed by atoms with Gasteiger partial charge in [-0.3, -0.25) is 4.79 Å². The van der Waals surface area contributed by atoms with Crippen LogP contribution in [0, 0.1) is 11.3 Å². The van der Waals surface area contributed by atoms with Crippen LogP contribution < -0.4 is 5.73 Å². The molecule has 1 saturated carbocycles. The minimum atomic E-state index is 0.189. The van der Waals surface area contributed by atoms with Crippen LogP contribution in [-0.4, -0.2) is 12.3 Å². The number of Topliss-reactive ketones (excluding diaryl/α,β-unsaturated/α-hetero) is 1. The van der Waals surface area contributed by atoms with Gasteiger partial charge in [0.15, 0.2) is 0 Å². The molecule has 1 unspecified atom stereocenters. The number of nitrogens with two attached hydrogens (primary N) is 1. The number of rotatable bonds is 2. The Hall–Kier alpha value is -0.370. The largest absolute Gasteiger partial charge is 0.324 e. The van der Waals surface area contributed by atoms with Crippen molar-refractivity contribution in [3.63, 3.8) is 0 Å². The second kappa shape index (κ2) is 3.56. The predicted octanol–water partition coefficient (Wildman–Crippen LogP) is 1.73. The minimum absolute atomic E-state index is 0.189. The molecular formula is C10H19NO. The minimum Gasteiger partial charge on any atom is -0.324 e.